The topological polar surface area (TPSA) is 151 Å². The molecule has 4 atom stereocenters. The largest absolute Gasteiger partial charge is 0.513 e. The van der Waals surface area contributed by atoms with E-state index in [1.807, 2.05) is 0 Å². The molecule has 8 aromatic rings. The van der Waals surface area contributed by atoms with E-state index in [0.717, 1.165) is 0 Å². The molecule has 25 heteroatoms. The number of nitrogens with zero attached hydrogens (tertiary/aromatic N) is 1. The molecule has 1 unspecified atom stereocenters. The maximum Gasteiger partial charge on any atom is 0.513 e. The number of benzene rings is 8. The van der Waals surface area contributed by atoms with Crippen molar-refractivity contribution in [2.45, 2.75) is 59.9 Å². The fourth-order valence-electron chi connectivity index (χ4n) is 7.48. The van der Waals surface area contributed by atoms with Crippen LogP contribution in [0.25, 0.3) is 21.5 Å². The van der Waals surface area contributed by atoms with Crippen LogP contribution in [0.2, 0.25) is 0 Å². The van der Waals surface area contributed by atoms with Crippen LogP contribution in [-0.4, -0.2) is 48.6 Å². The summed E-state index contributed by atoms with van der Waals surface area (Å²) >= 11 is 0. The van der Waals surface area contributed by atoms with Crippen molar-refractivity contribution in [3.8, 4) is 23.0 Å². The summed E-state index contributed by atoms with van der Waals surface area (Å²) in [6, 6.07) is 36.5. The molecule has 0 fully saturated rings. The first-order chi connectivity index (χ1) is 39.5. The Hall–Kier alpha value is -7.94. The van der Waals surface area contributed by atoms with Gasteiger partial charge in [0, 0.05) is 10.8 Å². The Balaban J connectivity index is 0.000000239. The Labute approximate surface area is 470 Å². The van der Waals surface area contributed by atoms with Gasteiger partial charge in [0.25, 0.3) is 0 Å². The van der Waals surface area contributed by atoms with Gasteiger partial charge in [-0.05, 0) is 67.5 Å². The van der Waals surface area contributed by atoms with Crippen molar-refractivity contribution >= 4 is 49.0 Å². The zero-order chi connectivity index (χ0) is 60.6. The van der Waals surface area contributed by atoms with E-state index in [-0.39, 0.29) is 24.7 Å². The van der Waals surface area contributed by atoms with Gasteiger partial charge in [-0.2, -0.15) is 27.7 Å². The summed E-state index contributed by atoms with van der Waals surface area (Å²) in [5, 5.41) is 6.33. The molecule has 0 aliphatic heterocycles. The molecule has 13 nitrogen and oxygen atoms in total. The number of hydrogen-bond donors (Lipinski definition) is 2. The van der Waals surface area contributed by atoms with Crippen LogP contribution in [0.3, 0.4) is 0 Å². The van der Waals surface area contributed by atoms with Crippen molar-refractivity contribution in [1.29, 1.82) is 0 Å². The van der Waals surface area contributed by atoms with Crippen LogP contribution < -0.4 is 28.3 Å². The first-order valence-corrected chi connectivity index (χ1v) is 28.3. The zero-order valence-electron chi connectivity index (χ0n) is 44.8. The van der Waals surface area contributed by atoms with Crippen molar-refractivity contribution in [2.24, 2.45) is 0 Å². The third kappa shape index (κ3) is 16.6. The standard InChI is InChI=1S/2C26H19F5NO5P.C6H15N/c2*1-15(26(33)35-14-16-8-3-2-4-9-16)32-38(34,36-19-13-7-11-17-10-5-6-12-18(17)19)37-25-23(30)21(28)20(27)22(29)24(25)31;1-4-7(5-2)6-3/h2*2-13,15H,14H2,1H3,(H,32,34);4-6H2,1-3H3/t15-,38?;15-,38-;/m00./s1. The third-order valence-corrected chi connectivity index (χ3v) is 15.0. The van der Waals surface area contributed by atoms with Crippen molar-refractivity contribution in [1.82, 2.24) is 15.1 Å². The van der Waals surface area contributed by atoms with Crippen molar-refractivity contribution in [3.63, 3.8) is 0 Å². The molecule has 0 aliphatic carbocycles. The normalized spacial score (nSPS) is 13.3. The minimum Gasteiger partial charge on any atom is -0.460 e. The number of esters is 2. The van der Waals surface area contributed by atoms with Crippen LogP contribution in [0.4, 0.5) is 43.9 Å². The average Bonchev–Trinajstić information content (AvgIpc) is 3.50. The van der Waals surface area contributed by atoms with Gasteiger partial charge in [-0.1, -0.05) is 154 Å². The lowest BCUT2D eigenvalue weighted by atomic mass is 10.1. The number of fused-ring (bicyclic) bond motifs is 2. The Morgan fingerprint density at radius 3 is 1.01 bits per heavy atom. The van der Waals surface area contributed by atoms with Gasteiger partial charge in [0.2, 0.25) is 69.7 Å². The van der Waals surface area contributed by atoms with Crippen molar-refractivity contribution in [2.75, 3.05) is 19.6 Å². The van der Waals surface area contributed by atoms with Gasteiger partial charge >= 0.3 is 27.4 Å². The molecular weight excluding hydrogens is 1150 g/mol. The molecule has 0 aliphatic rings. The second-order valence-electron chi connectivity index (χ2n) is 17.6. The Morgan fingerprint density at radius 2 is 0.699 bits per heavy atom. The first-order valence-electron chi connectivity index (χ1n) is 25.2. The van der Waals surface area contributed by atoms with Crippen LogP contribution in [-0.2, 0) is 41.4 Å². The molecule has 8 aromatic carbocycles. The fraction of sp³-hybridized carbons (Fsp3) is 0.207. The SMILES string of the molecule is CCN(CC)CC.C[C@H](NP(=O)(Oc1c(F)c(F)c(F)c(F)c1F)Oc1cccc2ccccc12)C(=O)OCc1ccccc1.C[C@H](N[P@@](=O)(Oc1c(F)c(F)c(F)c(F)c1F)Oc1cccc2ccccc12)C(=O)OCc1ccccc1. The lowest BCUT2D eigenvalue weighted by Gasteiger charge is -2.24. The lowest BCUT2D eigenvalue weighted by molar-refractivity contribution is -0.147. The maximum atomic E-state index is 14.4. The van der Waals surface area contributed by atoms with E-state index in [1.54, 1.807) is 121 Å². The van der Waals surface area contributed by atoms with Gasteiger partial charge in [0.15, 0.2) is 0 Å². The summed E-state index contributed by atoms with van der Waals surface area (Å²) in [6.07, 6.45) is 0. The minimum absolute atomic E-state index is 0.118. The fourth-order valence-corrected chi connectivity index (χ4v) is 10.6. The zero-order valence-corrected chi connectivity index (χ0v) is 46.5. The number of carbonyl (C=O) groups is 2. The number of carbonyl (C=O) groups excluding carboxylic acids is 2. The van der Waals surface area contributed by atoms with Gasteiger partial charge in [-0.25, -0.2) is 35.5 Å². The molecule has 440 valence electrons. The number of rotatable bonds is 21. The quantitative estimate of drug-likeness (QED) is 0.0231. The molecule has 0 saturated carbocycles. The highest BCUT2D eigenvalue weighted by Gasteiger charge is 2.40. The molecule has 0 saturated heterocycles. The van der Waals surface area contributed by atoms with Crippen LogP contribution in [0.15, 0.2) is 146 Å². The summed E-state index contributed by atoms with van der Waals surface area (Å²) in [7, 11) is -10.1. The second-order valence-corrected chi connectivity index (χ2v) is 20.9. The van der Waals surface area contributed by atoms with Crippen LogP contribution in [0.5, 0.6) is 23.0 Å². The Morgan fingerprint density at radius 1 is 0.410 bits per heavy atom. The van der Waals surface area contributed by atoms with E-state index >= 15 is 0 Å². The van der Waals surface area contributed by atoms with E-state index in [9.17, 15) is 62.6 Å². The van der Waals surface area contributed by atoms with E-state index in [2.05, 4.69) is 35.8 Å². The number of hydrogen-bond acceptors (Lipinski definition) is 11. The number of halogens is 10. The highest BCUT2D eigenvalue weighted by atomic mass is 31.2. The van der Waals surface area contributed by atoms with E-state index < -0.39 is 109 Å². The summed E-state index contributed by atoms with van der Waals surface area (Å²) in [5.74, 6) is -29.4. The molecule has 0 bridgehead atoms. The van der Waals surface area contributed by atoms with Crippen LogP contribution in [0, 0.1) is 58.2 Å². The molecule has 0 radical (unpaired) electrons. The van der Waals surface area contributed by atoms with Crippen molar-refractivity contribution in [3.05, 3.63) is 215 Å². The molecule has 0 aromatic heterocycles. The number of ether oxygens (including phenoxy) is 2. The van der Waals surface area contributed by atoms with Gasteiger partial charge < -0.3 is 32.5 Å². The molecule has 0 amide bonds. The minimum atomic E-state index is -5.07. The summed E-state index contributed by atoms with van der Waals surface area (Å²) in [6.45, 7) is 12.2. The van der Waals surface area contributed by atoms with Crippen molar-refractivity contribution < 1.29 is 90.2 Å². The van der Waals surface area contributed by atoms with E-state index in [1.165, 1.54) is 57.7 Å². The summed E-state index contributed by atoms with van der Waals surface area (Å²) in [5.41, 5.74) is 1.28. The average molecular weight is 1200 g/mol. The monoisotopic (exact) mass is 1200 g/mol. The molecule has 0 heterocycles. The summed E-state index contributed by atoms with van der Waals surface area (Å²) < 4.78 is 198. The Bertz CT molecular complexity index is 3340. The number of nitrogens with one attached hydrogen (secondary N) is 2. The highest BCUT2D eigenvalue weighted by molar-refractivity contribution is 7.52. The predicted molar refractivity (Wildman–Crippen MR) is 289 cm³/mol. The summed E-state index contributed by atoms with van der Waals surface area (Å²) in [4.78, 5) is 27.5. The third-order valence-electron chi connectivity index (χ3n) is 11.9. The predicted octanol–water partition coefficient (Wildman–Crippen LogP) is 15.0. The van der Waals surface area contributed by atoms with Gasteiger partial charge in [-0.3, -0.25) is 9.59 Å². The second kappa shape index (κ2) is 29.3. The van der Waals surface area contributed by atoms with Gasteiger partial charge in [0.05, 0.1) is 0 Å². The first kappa shape index (κ1) is 64.2. The maximum absolute atomic E-state index is 14.4. The van der Waals surface area contributed by atoms with Crippen LogP contribution >= 0.6 is 15.5 Å². The van der Waals surface area contributed by atoms with E-state index in [4.69, 9.17) is 27.6 Å². The molecule has 8 rings (SSSR count). The van der Waals surface area contributed by atoms with Crippen LogP contribution in [0.1, 0.15) is 45.7 Å². The Kier molecular flexibility index (Phi) is 22.7. The van der Waals surface area contributed by atoms with Gasteiger partial charge in [0.1, 0.15) is 36.8 Å². The smallest absolute Gasteiger partial charge is 0.460 e. The lowest BCUT2D eigenvalue weighted by Crippen LogP contribution is -2.36. The van der Waals surface area contributed by atoms with Gasteiger partial charge in [-0.15, -0.1) is 0 Å². The molecule has 0 spiro atoms. The molecule has 2 N–H and O–H groups in total. The molecule has 83 heavy (non-hydrogen) atoms. The highest BCUT2D eigenvalue weighted by Crippen LogP contribution is 2.51. The molecular formula is C58H53F10N3O10P2. The van der Waals surface area contributed by atoms with E-state index in [0.29, 0.717) is 32.7 Å².